The second-order valence-corrected chi connectivity index (χ2v) is 9.45. The summed E-state index contributed by atoms with van der Waals surface area (Å²) in [5, 5.41) is 14.1. The molecule has 1 aromatic rings. The summed E-state index contributed by atoms with van der Waals surface area (Å²) in [6.45, 7) is 6.51. The minimum absolute atomic E-state index is 0.0211. The van der Waals surface area contributed by atoms with E-state index in [1.165, 1.54) is 10.4 Å². The van der Waals surface area contributed by atoms with E-state index in [0.717, 1.165) is 18.9 Å². The summed E-state index contributed by atoms with van der Waals surface area (Å²) in [6, 6.07) is 2.49. The zero-order valence-corrected chi connectivity index (χ0v) is 17.2. The molecule has 1 aliphatic carbocycles. The Morgan fingerprint density at radius 1 is 1.21 bits per heavy atom. The summed E-state index contributed by atoms with van der Waals surface area (Å²) >= 11 is 0. The topological polar surface area (TPSA) is 113 Å². The van der Waals surface area contributed by atoms with Crippen molar-refractivity contribution in [3.8, 4) is 0 Å². The van der Waals surface area contributed by atoms with Gasteiger partial charge in [-0.2, -0.15) is 4.31 Å². The third-order valence-corrected chi connectivity index (χ3v) is 7.58. The predicted molar refractivity (Wildman–Crippen MR) is 104 cm³/mol. The van der Waals surface area contributed by atoms with Crippen LogP contribution < -0.4 is 5.32 Å². The standard InChI is InChI=1S/C18H26N4O5S/c1-12-10-16(22(24)25)11-17(13(12)2)28(26,27)21-8-6-20(7-9-21)14(3)18(23)19-15-4-5-15/h10-11,14-15H,4-9H2,1-3H3,(H,19,23). The average Bonchev–Trinajstić information content (AvgIpc) is 3.46. The monoisotopic (exact) mass is 410 g/mol. The van der Waals surface area contributed by atoms with E-state index in [2.05, 4.69) is 5.32 Å². The first-order valence-electron chi connectivity index (χ1n) is 9.41. The molecule has 2 aliphatic rings. The van der Waals surface area contributed by atoms with E-state index in [1.807, 2.05) is 11.8 Å². The number of piperazine rings is 1. The van der Waals surface area contributed by atoms with Crippen LogP contribution in [-0.4, -0.2) is 66.7 Å². The largest absolute Gasteiger partial charge is 0.352 e. The van der Waals surface area contributed by atoms with Crippen molar-refractivity contribution in [1.82, 2.24) is 14.5 Å². The number of non-ortho nitro benzene ring substituents is 1. The zero-order valence-electron chi connectivity index (χ0n) is 16.3. The number of rotatable bonds is 6. The molecule has 1 atom stereocenters. The van der Waals surface area contributed by atoms with Crippen LogP contribution in [0.15, 0.2) is 17.0 Å². The minimum atomic E-state index is -3.85. The molecule has 0 spiro atoms. The van der Waals surface area contributed by atoms with Gasteiger partial charge in [-0.05, 0) is 44.7 Å². The number of nitrogens with one attached hydrogen (secondary N) is 1. The summed E-state index contributed by atoms with van der Waals surface area (Å²) < 4.78 is 27.6. The maximum atomic E-state index is 13.1. The van der Waals surface area contributed by atoms with Gasteiger partial charge in [0.15, 0.2) is 0 Å². The normalized spacial score (nSPS) is 20.0. The van der Waals surface area contributed by atoms with E-state index in [9.17, 15) is 23.3 Å². The van der Waals surface area contributed by atoms with Gasteiger partial charge < -0.3 is 5.32 Å². The van der Waals surface area contributed by atoms with Crippen LogP contribution in [0, 0.1) is 24.0 Å². The SMILES string of the molecule is Cc1cc([N+](=O)[O-])cc(S(=O)(=O)N2CCN(C(C)C(=O)NC3CC3)CC2)c1C. The van der Waals surface area contributed by atoms with Gasteiger partial charge in [0, 0.05) is 44.4 Å². The Hall–Kier alpha value is -2.04. The number of sulfonamides is 1. The van der Waals surface area contributed by atoms with Gasteiger partial charge in [0.05, 0.1) is 15.9 Å². The van der Waals surface area contributed by atoms with Crippen molar-refractivity contribution in [2.75, 3.05) is 26.2 Å². The first-order chi connectivity index (χ1) is 13.1. The van der Waals surface area contributed by atoms with E-state index in [4.69, 9.17) is 0 Å². The maximum absolute atomic E-state index is 13.1. The molecular formula is C18H26N4O5S. The fraction of sp³-hybridized carbons (Fsp3) is 0.611. The number of hydrogen-bond donors (Lipinski definition) is 1. The Balaban J connectivity index is 1.73. The molecule has 1 amide bonds. The Labute approximate surface area is 164 Å². The highest BCUT2D eigenvalue weighted by Crippen LogP contribution is 2.28. The molecular weight excluding hydrogens is 384 g/mol. The summed E-state index contributed by atoms with van der Waals surface area (Å²) in [7, 11) is -3.85. The van der Waals surface area contributed by atoms with Crippen LogP contribution in [-0.2, 0) is 14.8 Å². The van der Waals surface area contributed by atoms with Crippen molar-refractivity contribution in [3.05, 3.63) is 33.4 Å². The highest BCUT2D eigenvalue weighted by Gasteiger charge is 2.34. The lowest BCUT2D eigenvalue weighted by Gasteiger charge is -2.37. The zero-order chi connectivity index (χ0) is 20.6. The second kappa shape index (κ2) is 7.76. The van der Waals surface area contributed by atoms with Crippen molar-refractivity contribution >= 4 is 21.6 Å². The number of amides is 1. The quantitative estimate of drug-likeness (QED) is 0.557. The Kier molecular flexibility index (Phi) is 5.74. The van der Waals surface area contributed by atoms with Crippen molar-refractivity contribution < 1.29 is 18.1 Å². The van der Waals surface area contributed by atoms with Crippen LogP contribution in [0.2, 0.25) is 0 Å². The van der Waals surface area contributed by atoms with E-state index in [1.54, 1.807) is 13.8 Å². The summed E-state index contributed by atoms with van der Waals surface area (Å²) in [4.78, 5) is 24.7. The van der Waals surface area contributed by atoms with Gasteiger partial charge in [0.25, 0.3) is 5.69 Å². The lowest BCUT2D eigenvalue weighted by atomic mass is 10.1. The molecule has 28 heavy (non-hydrogen) atoms. The van der Waals surface area contributed by atoms with Crippen molar-refractivity contribution in [2.24, 2.45) is 0 Å². The lowest BCUT2D eigenvalue weighted by molar-refractivity contribution is -0.385. The molecule has 1 saturated heterocycles. The van der Waals surface area contributed by atoms with Gasteiger partial charge in [-0.25, -0.2) is 8.42 Å². The third kappa shape index (κ3) is 4.18. The van der Waals surface area contributed by atoms with E-state index >= 15 is 0 Å². The molecule has 10 heteroatoms. The Morgan fingerprint density at radius 3 is 2.36 bits per heavy atom. The molecule has 1 aromatic carbocycles. The number of aryl methyl sites for hydroxylation is 1. The van der Waals surface area contributed by atoms with Crippen LogP contribution >= 0.6 is 0 Å². The molecule has 2 fully saturated rings. The molecule has 154 valence electrons. The van der Waals surface area contributed by atoms with Gasteiger partial charge >= 0.3 is 0 Å². The van der Waals surface area contributed by atoms with Gasteiger partial charge in [0.2, 0.25) is 15.9 Å². The lowest BCUT2D eigenvalue weighted by Crippen LogP contribution is -2.55. The van der Waals surface area contributed by atoms with Crippen LogP contribution in [0.4, 0.5) is 5.69 Å². The van der Waals surface area contributed by atoms with E-state index in [-0.39, 0.29) is 41.7 Å². The number of hydrogen-bond acceptors (Lipinski definition) is 6. The highest BCUT2D eigenvalue weighted by molar-refractivity contribution is 7.89. The average molecular weight is 410 g/mol. The van der Waals surface area contributed by atoms with E-state index in [0.29, 0.717) is 24.2 Å². The fourth-order valence-corrected chi connectivity index (χ4v) is 5.11. The highest BCUT2D eigenvalue weighted by atomic mass is 32.2. The second-order valence-electron chi connectivity index (χ2n) is 7.54. The van der Waals surface area contributed by atoms with Crippen molar-refractivity contribution in [3.63, 3.8) is 0 Å². The molecule has 3 rings (SSSR count). The molecule has 1 heterocycles. The molecule has 0 radical (unpaired) electrons. The van der Waals surface area contributed by atoms with Gasteiger partial charge in [-0.15, -0.1) is 0 Å². The first kappa shape index (κ1) is 20.7. The molecule has 1 aliphatic heterocycles. The summed E-state index contributed by atoms with van der Waals surface area (Å²) in [6.07, 6.45) is 2.04. The Morgan fingerprint density at radius 2 is 1.82 bits per heavy atom. The number of nitro benzene ring substituents is 1. The number of carbonyl (C=O) groups excluding carboxylic acids is 1. The van der Waals surface area contributed by atoms with Gasteiger partial charge in [0.1, 0.15) is 0 Å². The summed E-state index contributed by atoms with van der Waals surface area (Å²) in [5.41, 5.74) is 0.854. The van der Waals surface area contributed by atoms with E-state index < -0.39 is 14.9 Å². The fourth-order valence-electron chi connectivity index (χ4n) is 3.37. The Bertz CT molecular complexity index is 889. The minimum Gasteiger partial charge on any atom is -0.352 e. The van der Waals surface area contributed by atoms with Crippen LogP contribution in [0.1, 0.15) is 30.9 Å². The van der Waals surface area contributed by atoms with Crippen molar-refractivity contribution in [1.29, 1.82) is 0 Å². The number of benzene rings is 1. The molecule has 0 aromatic heterocycles. The van der Waals surface area contributed by atoms with Gasteiger partial charge in [-0.3, -0.25) is 19.8 Å². The van der Waals surface area contributed by atoms with Gasteiger partial charge in [-0.1, -0.05) is 0 Å². The molecule has 1 unspecified atom stereocenters. The summed E-state index contributed by atoms with van der Waals surface area (Å²) in [5.74, 6) is -0.0241. The predicted octanol–water partition coefficient (Wildman–Crippen LogP) is 1.19. The molecule has 0 bridgehead atoms. The number of nitrogens with zero attached hydrogens (tertiary/aromatic N) is 3. The van der Waals surface area contributed by atoms with Crippen LogP contribution in [0.5, 0.6) is 0 Å². The smallest absolute Gasteiger partial charge is 0.271 e. The molecule has 1 saturated carbocycles. The van der Waals surface area contributed by atoms with Crippen LogP contribution in [0.3, 0.4) is 0 Å². The first-order valence-corrected chi connectivity index (χ1v) is 10.9. The molecule has 1 N–H and O–H groups in total. The maximum Gasteiger partial charge on any atom is 0.271 e. The van der Waals surface area contributed by atoms with Crippen LogP contribution in [0.25, 0.3) is 0 Å². The number of carbonyl (C=O) groups is 1. The third-order valence-electron chi connectivity index (χ3n) is 5.56. The molecule has 9 nitrogen and oxygen atoms in total. The number of nitro groups is 1. The van der Waals surface area contributed by atoms with Crippen molar-refractivity contribution in [2.45, 2.75) is 50.6 Å².